The zero-order chi connectivity index (χ0) is 20.4. The number of aromatic amines is 1. The average Bonchev–Trinajstić information content (AvgIpc) is 3.08. The number of carbonyl (C=O) groups excluding carboxylic acids is 1. The molecular weight excluding hydrogens is 378 g/mol. The molecule has 0 saturated heterocycles. The number of esters is 1. The Morgan fingerprint density at radius 1 is 1.32 bits per heavy atom. The number of H-pyrrole nitrogens is 1. The minimum atomic E-state index is -1.41. The molecule has 1 unspecified atom stereocenters. The van der Waals surface area contributed by atoms with Crippen LogP contribution >= 0.6 is 0 Å². The van der Waals surface area contributed by atoms with Crippen LogP contribution in [0.1, 0.15) is 30.7 Å². The normalized spacial score (nSPS) is 12.4. The Kier molecular flexibility index (Phi) is 5.90. The lowest BCUT2D eigenvalue weighted by atomic mass is 10.1. The van der Waals surface area contributed by atoms with Gasteiger partial charge >= 0.3 is 11.1 Å². The van der Waals surface area contributed by atoms with Crippen molar-refractivity contribution < 1.29 is 18.8 Å². The van der Waals surface area contributed by atoms with E-state index in [0.29, 0.717) is 22.1 Å². The molecule has 3 rings (SSSR count). The number of hydrogen-bond acceptors (Lipinski definition) is 6. The zero-order valence-electron chi connectivity index (χ0n) is 16.5. The monoisotopic (exact) mass is 401 g/mol. The molecule has 0 saturated carbocycles. The fourth-order valence-electron chi connectivity index (χ4n) is 2.78. The number of aromatic nitrogens is 3. The van der Waals surface area contributed by atoms with Gasteiger partial charge in [0.05, 0.1) is 29.8 Å². The summed E-state index contributed by atoms with van der Waals surface area (Å²) >= 11 is -1.41. The smallest absolute Gasteiger partial charge is 0.322 e. The maximum Gasteiger partial charge on any atom is 0.322 e. The average molecular weight is 401 g/mol. The van der Waals surface area contributed by atoms with Gasteiger partial charge in [0.15, 0.2) is 5.75 Å². The van der Waals surface area contributed by atoms with Gasteiger partial charge in [-0.05, 0) is 26.0 Å². The predicted octanol–water partition coefficient (Wildman–Crippen LogP) is 3.45. The number of aryl methyl sites for hydroxylation is 1. The van der Waals surface area contributed by atoms with E-state index in [1.54, 1.807) is 45.4 Å². The summed E-state index contributed by atoms with van der Waals surface area (Å²) in [6.07, 6.45) is 1.71. The standard InChI is InChI=1S/C20H23N3O4S/c1-11(2)19(24)27-14-6-7-15-16(8-14)23-20(22-15)28(25)10-17-13(4)18(26-5)12(3)9-21-17/h6-9,11H,10H2,1-5H3,(H,22,23). The van der Waals surface area contributed by atoms with Crippen LogP contribution in [0.25, 0.3) is 11.0 Å². The summed E-state index contributed by atoms with van der Waals surface area (Å²) < 4.78 is 23.5. The van der Waals surface area contributed by atoms with Crippen LogP contribution in [0.3, 0.4) is 0 Å². The summed E-state index contributed by atoms with van der Waals surface area (Å²) in [5.74, 6) is 0.852. The summed E-state index contributed by atoms with van der Waals surface area (Å²) in [5, 5.41) is 0.350. The number of methoxy groups -OCH3 is 1. The number of rotatable bonds is 6. The van der Waals surface area contributed by atoms with Gasteiger partial charge in [-0.1, -0.05) is 13.8 Å². The Hall–Kier alpha value is -2.58. The van der Waals surface area contributed by atoms with Gasteiger partial charge in [-0.25, -0.2) is 0 Å². The van der Waals surface area contributed by atoms with Crippen molar-refractivity contribution in [2.45, 2.75) is 38.6 Å². The van der Waals surface area contributed by atoms with Crippen LogP contribution in [0.15, 0.2) is 29.6 Å². The summed E-state index contributed by atoms with van der Waals surface area (Å²) in [6.45, 7) is 7.36. The number of nitrogens with zero attached hydrogens (tertiary/aromatic N) is 2. The topological polar surface area (TPSA) is 100 Å². The van der Waals surface area contributed by atoms with Crippen LogP contribution in [0.4, 0.5) is 0 Å². The molecule has 8 heteroatoms. The second kappa shape index (κ2) is 8.20. The summed E-state index contributed by atoms with van der Waals surface area (Å²) in [5.41, 5.74) is 3.81. The number of imidazole rings is 1. The molecule has 7 nitrogen and oxygen atoms in total. The number of nitrogens with one attached hydrogen (secondary N) is 1. The van der Waals surface area contributed by atoms with Crippen molar-refractivity contribution in [3.8, 4) is 11.5 Å². The highest BCUT2D eigenvalue weighted by molar-refractivity contribution is 7.90. The predicted molar refractivity (Wildman–Crippen MR) is 107 cm³/mol. The first-order valence-electron chi connectivity index (χ1n) is 8.89. The molecule has 0 aliphatic heterocycles. The highest BCUT2D eigenvalue weighted by Crippen LogP contribution is 2.27. The molecular formula is C20H23N3O4S. The molecule has 0 aliphatic carbocycles. The molecule has 3 aromatic rings. The van der Waals surface area contributed by atoms with Crippen LogP contribution in [0.5, 0.6) is 11.5 Å². The molecule has 0 spiro atoms. The molecule has 148 valence electrons. The number of benzene rings is 1. The van der Waals surface area contributed by atoms with Crippen LogP contribution in [-0.2, 0) is 21.7 Å². The van der Waals surface area contributed by atoms with Gasteiger partial charge in [-0.2, -0.15) is 4.98 Å². The largest absolute Gasteiger partial charge is 0.609 e. The van der Waals surface area contributed by atoms with E-state index >= 15 is 0 Å². The van der Waals surface area contributed by atoms with E-state index in [1.165, 1.54) is 0 Å². The van der Waals surface area contributed by atoms with Crippen molar-refractivity contribution in [2.75, 3.05) is 7.11 Å². The van der Waals surface area contributed by atoms with Crippen LogP contribution in [-0.4, -0.2) is 32.6 Å². The van der Waals surface area contributed by atoms with Crippen molar-refractivity contribution in [3.63, 3.8) is 0 Å². The van der Waals surface area contributed by atoms with Crippen molar-refractivity contribution >= 4 is 28.2 Å². The maximum absolute atomic E-state index is 12.8. The molecule has 2 heterocycles. The fourth-order valence-corrected chi connectivity index (χ4v) is 3.88. The molecule has 2 aromatic heterocycles. The molecule has 1 N–H and O–H groups in total. The molecule has 0 fully saturated rings. The first-order valence-corrected chi connectivity index (χ1v) is 10.2. The van der Waals surface area contributed by atoms with Gasteiger partial charge in [0, 0.05) is 34.6 Å². The molecule has 0 aliphatic rings. The lowest BCUT2D eigenvalue weighted by Gasteiger charge is -2.13. The fraction of sp³-hybridized carbons (Fsp3) is 0.350. The number of hydrogen-bond donors (Lipinski definition) is 1. The second-order valence-corrected chi connectivity index (χ2v) is 8.20. The van der Waals surface area contributed by atoms with Gasteiger partial charge in [0.2, 0.25) is 0 Å². The molecule has 28 heavy (non-hydrogen) atoms. The van der Waals surface area contributed by atoms with E-state index in [0.717, 1.165) is 22.4 Å². The Morgan fingerprint density at radius 2 is 2.07 bits per heavy atom. The minimum Gasteiger partial charge on any atom is -0.609 e. The lowest BCUT2D eigenvalue weighted by Crippen LogP contribution is -2.14. The number of ether oxygens (including phenoxy) is 2. The molecule has 0 radical (unpaired) electrons. The van der Waals surface area contributed by atoms with Gasteiger partial charge < -0.3 is 14.0 Å². The number of fused-ring (bicyclic) bond motifs is 1. The van der Waals surface area contributed by atoms with Gasteiger partial charge in [0.1, 0.15) is 11.5 Å². The lowest BCUT2D eigenvalue weighted by molar-refractivity contribution is -0.137. The minimum absolute atomic E-state index is 0.220. The third-order valence-corrected chi connectivity index (χ3v) is 5.52. The maximum atomic E-state index is 12.8. The Bertz CT molecular complexity index is 1020. The second-order valence-electron chi connectivity index (χ2n) is 6.83. The third kappa shape index (κ3) is 4.13. The summed E-state index contributed by atoms with van der Waals surface area (Å²) in [4.78, 5) is 23.6. The van der Waals surface area contributed by atoms with Crippen LogP contribution < -0.4 is 9.47 Å². The van der Waals surface area contributed by atoms with Crippen molar-refractivity contribution in [3.05, 3.63) is 41.2 Å². The summed E-state index contributed by atoms with van der Waals surface area (Å²) in [7, 11) is 1.61. The van der Waals surface area contributed by atoms with E-state index in [9.17, 15) is 9.35 Å². The van der Waals surface area contributed by atoms with E-state index in [4.69, 9.17) is 9.47 Å². The van der Waals surface area contributed by atoms with Crippen molar-refractivity contribution in [1.29, 1.82) is 0 Å². The molecule has 0 amide bonds. The van der Waals surface area contributed by atoms with Gasteiger partial charge in [0.25, 0.3) is 0 Å². The first kappa shape index (κ1) is 20.2. The van der Waals surface area contributed by atoms with Gasteiger partial charge in [-0.15, -0.1) is 0 Å². The quantitative estimate of drug-likeness (QED) is 0.386. The Morgan fingerprint density at radius 3 is 2.75 bits per heavy atom. The zero-order valence-corrected chi connectivity index (χ0v) is 17.3. The van der Waals surface area contributed by atoms with Crippen molar-refractivity contribution in [1.82, 2.24) is 15.0 Å². The third-order valence-electron chi connectivity index (χ3n) is 4.36. The van der Waals surface area contributed by atoms with E-state index in [-0.39, 0.29) is 17.6 Å². The number of carbonyl (C=O) groups is 1. The Labute approximate surface area is 166 Å². The number of pyridine rings is 1. The van der Waals surface area contributed by atoms with Gasteiger partial charge in [-0.3, -0.25) is 14.8 Å². The Balaban J connectivity index is 1.82. The van der Waals surface area contributed by atoms with E-state index in [1.807, 2.05) is 13.8 Å². The van der Waals surface area contributed by atoms with E-state index < -0.39 is 11.2 Å². The van der Waals surface area contributed by atoms with E-state index in [2.05, 4.69) is 15.0 Å². The molecule has 1 atom stereocenters. The molecule has 1 aromatic carbocycles. The SMILES string of the molecule is COc1c(C)cnc(C[S+]([O-])c2nc3cc(OC(=O)C(C)C)ccc3[nH]2)c1C. The highest BCUT2D eigenvalue weighted by atomic mass is 32.2. The van der Waals surface area contributed by atoms with Crippen LogP contribution in [0, 0.1) is 19.8 Å². The first-order chi connectivity index (χ1) is 13.3. The highest BCUT2D eigenvalue weighted by Gasteiger charge is 2.21. The van der Waals surface area contributed by atoms with Crippen LogP contribution in [0.2, 0.25) is 0 Å². The summed E-state index contributed by atoms with van der Waals surface area (Å²) in [6, 6.07) is 5.10. The molecule has 0 bridgehead atoms. The van der Waals surface area contributed by atoms with Crippen molar-refractivity contribution in [2.24, 2.45) is 5.92 Å².